The van der Waals surface area contributed by atoms with E-state index in [1.165, 1.54) is 32.1 Å². The van der Waals surface area contributed by atoms with Crippen molar-refractivity contribution in [2.75, 3.05) is 13.1 Å². The number of carbonyl (C=O) groups is 1. The van der Waals surface area contributed by atoms with Gasteiger partial charge in [0.25, 0.3) is 0 Å². The van der Waals surface area contributed by atoms with E-state index in [1.54, 1.807) is 0 Å². The predicted molar refractivity (Wildman–Crippen MR) is 78.0 cm³/mol. The Kier molecular flexibility index (Phi) is 6.63. The van der Waals surface area contributed by atoms with Gasteiger partial charge in [0.15, 0.2) is 0 Å². The largest absolute Gasteiger partial charge is 0.444 e. The third-order valence-corrected chi connectivity index (χ3v) is 3.76. The van der Waals surface area contributed by atoms with Crippen LogP contribution in [0.4, 0.5) is 4.79 Å². The second-order valence-electron chi connectivity index (χ2n) is 6.62. The fourth-order valence-electron chi connectivity index (χ4n) is 2.85. The highest BCUT2D eigenvalue weighted by Crippen LogP contribution is 2.31. The lowest BCUT2D eigenvalue weighted by Crippen LogP contribution is -2.38. The molecular weight excluding hydrogens is 240 g/mol. The van der Waals surface area contributed by atoms with Crippen LogP contribution in [0.2, 0.25) is 0 Å². The minimum atomic E-state index is -0.432. The fraction of sp³-hybridized carbons (Fsp3) is 0.933. The van der Waals surface area contributed by atoms with Crippen LogP contribution in [0.5, 0.6) is 0 Å². The number of carbonyl (C=O) groups excluding carboxylic acids is 1. The monoisotopic (exact) mass is 270 g/mol. The second-order valence-corrected chi connectivity index (χ2v) is 6.62. The molecule has 0 heterocycles. The van der Waals surface area contributed by atoms with E-state index in [1.807, 2.05) is 20.8 Å². The van der Waals surface area contributed by atoms with Crippen molar-refractivity contribution in [2.24, 2.45) is 17.6 Å². The van der Waals surface area contributed by atoms with Crippen molar-refractivity contribution in [1.29, 1.82) is 0 Å². The zero-order valence-electron chi connectivity index (χ0n) is 12.7. The standard InChI is InChI=1S/C15H30N2O2/c1-15(2,3)19-14(18)17-11-13(9-10-16)12-7-5-4-6-8-12/h12-13H,4-11,16H2,1-3H3,(H,17,18). The van der Waals surface area contributed by atoms with E-state index < -0.39 is 5.60 Å². The third kappa shape index (κ3) is 6.81. The number of nitrogens with one attached hydrogen (secondary N) is 1. The lowest BCUT2D eigenvalue weighted by Gasteiger charge is -2.30. The van der Waals surface area contributed by atoms with E-state index >= 15 is 0 Å². The molecule has 0 radical (unpaired) electrons. The van der Waals surface area contributed by atoms with E-state index in [9.17, 15) is 4.79 Å². The molecule has 0 aromatic rings. The van der Waals surface area contributed by atoms with E-state index in [4.69, 9.17) is 10.5 Å². The molecule has 3 N–H and O–H groups in total. The van der Waals surface area contributed by atoms with Crippen molar-refractivity contribution in [3.05, 3.63) is 0 Å². The van der Waals surface area contributed by atoms with Crippen LogP contribution in [0.1, 0.15) is 59.3 Å². The summed E-state index contributed by atoms with van der Waals surface area (Å²) < 4.78 is 5.27. The van der Waals surface area contributed by atoms with Crippen molar-refractivity contribution < 1.29 is 9.53 Å². The highest BCUT2D eigenvalue weighted by molar-refractivity contribution is 5.67. The van der Waals surface area contributed by atoms with Crippen LogP contribution in [0.15, 0.2) is 0 Å². The maximum absolute atomic E-state index is 11.7. The van der Waals surface area contributed by atoms with Crippen LogP contribution >= 0.6 is 0 Å². The highest BCUT2D eigenvalue weighted by atomic mass is 16.6. The maximum Gasteiger partial charge on any atom is 0.407 e. The Bertz CT molecular complexity index is 268. The first-order chi connectivity index (χ1) is 8.92. The van der Waals surface area contributed by atoms with Gasteiger partial charge in [-0.2, -0.15) is 0 Å². The Balaban J connectivity index is 2.38. The Hall–Kier alpha value is -0.770. The molecule has 112 valence electrons. The number of hydrogen-bond donors (Lipinski definition) is 2. The summed E-state index contributed by atoms with van der Waals surface area (Å²) in [5.74, 6) is 1.21. The molecule has 4 nitrogen and oxygen atoms in total. The average molecular weight is 270 g/mol. The van der Waals surface area contributed by atoms with Gasteiger partial charge in [0.2, 0.25) is 0 Å². The minimum absolute atomic E-state index is 0.315. The summed E-state index contributed by atoms with van der Waals surface area (Å²) in [4.78, 5) is 11.7. The zero-order chi connectivity index (χ0) is 14.3. The molecule has 1 saturated carbocycles. The number of amides is 1. The quantitative estimate of drug-likeness (QED) is 0.807. The molecule has 0 saturated heterocycles. The first-order valence-corrected chi connectivity index (χ1v) is 7.59. The van der Waals surface area contributed by atoms with Crippen LogP contribution in [0.3, 0.4) is 0 Å². The molecule has 1 rings (SSSR count). The van der Waals surface area contributed by atoms with Gasteiger partial charge in [0, 0.05) is 6.54 Å². The molecular formula is C15H30N2O2. The van der Waals surface area contributed by atoms with Crippen LogP contribution in [0.25, 0.3) is 0 Å². The van der Waals surface area contributed by atoms with Gasteiger partial charge in [-0.15, -0.1) is 0 Å². The van der Waals surface area contributed by atoms with Crippen molar-refractivity contribution in [3.63, 3.8) is 0 Å². The van der Waals surface area contributed by atoms with E-state index in [0.29, 0.717) is 24.9 Å². The van der Waals surface area contributed by atoms with Gasteiger partial charge in [-0.1, -0.05) is 32.1 Å². The number of hydrogen-bond acceptors (Lipinski definition) is 3. The van der Waals surface area contributed by atoms with Gasteiger partial charge in [-0.05, 0) is 45.6 Å². The first-order valence-electron chi connectivity index (χ1n) is 7.59. The van der Waals surface area contributed by atoms with Gasteiger partial charge >= 0.3 is 6.09 Å². The Morgan fingerprint density at radius 2 is 1.95 bits per heavy atom. The molecule has 0 spiro atoms. The van der Waals surface area contributed by atoms with Crippen molar-refractivity contribution in [1.82, 2.24) is 5.32 Å². The third-order valence-electron chi connectivity index (χ3n) is 3.76. The van der Waals surface area contributed by atoms with Gasteiger partial charge in [0.05, 0.1) is 0 Å². The van der Waals surface area contributed by atoms with Crippen LogP contribution in [0, 0.1) is 11.8 Å². The molecule has 0 aromatic heterocycles. The molecule has 1 unspecified atom stereocenters. The average Bonchev–Trinajstić information content (AvgIpc) is 2.33. The number of ether oxygens (including phenoxy) is 1. The lowest BCUT2D eigenvalue weighted by molar-refractivity contribution is 0.0508. The highest BCUT2D eigenvalue weighted by Gasteiger charge is 2.24. The summed E-state index contributed by atoms with van der Waals surface area (Å²) in [5, 5.41) is 2.90. The number of rotatable bonds is 5. The molecule has 1 atom stereocenters. The van der Waals surface area contributed by atoms with Crippen molar-refractivity contribution in [2.45, 2.75) is 64.9 Å². The molecule has 1 aliphatic rings. The summed E-state index contributed by atoms with van der Waals surface area (Å²) >= 11 is 0. The Labute approximate surface area is 117 Å². The maximum atomic E-state index is 11.7. The minimum Gasteiger partial charge on any atom is -0.444 e. The summed E-state index contributed by atoms with van der Waals surface area (Å²) in [6.45, 7) is 7.02. The summed E-state index contributed by atoms with van der Waals surface area (Å²) in [7, 11) is 0. The van der Waals surface area contributed by atoms with Gasteiger partial charge in [-0.3, -0.25) is 0 Å². The van der Waals surface area contributed by atoms with Crippen LogP contribution in [-0.2, 0) is 4.74 Å². The van der Waals surface area contributed by atoms with E-state index in [0.717, 1.165) is 6.42 Å². The topological polar surface area (TPSA) is 64.3 Å². The lowest BCUT2D eigenvalue weighted by atomic mass is 9.78. The SMILES string of the molecule is CC(C)(C)OC(=O)NCC(CCN)C1CCCCC1. The normalized spacial score (nSPS) is 18.9. The summed E-state index contributed by atoms with van der Waals surface area (Å²) in [5.41, 5.74) is 5.27. The van der Waals surface area contributed by atoms with Gasteiger partial charge < -0.3 is 15.8 Å². The first kappa shape index (κ1) is 16.3. The van der Waals surface area contributed by atoms with E-state index in [-0.39, 0.29) is 6.09 Å². The number of nitrogens with two attached hydrogens (primary N) is 1. The van der Waals surface area contributed by atoms with Gasteiger partial charge in [0.1, 0.15) is 5.60 Å². The van der Waals surface area contributed by atoms with Crippen LogP contribution in [-0.4, -0.2) is 24.8 Å². The van der Waals surface area contributed by atoms with Gasteiger partial charge in [-0.25, -0.2) is 4.79 Å². The van der Waals surface area contributed by atoms with Crippen molar-refractivity contribution >= 4 is 6.09 Å². The Morgan fingerprint density at radius 3 is 2.47 bits per heavy atom. The van der Waals surface area contributed by atoms with Crippen molar-refractivity contribution in [3.8, 4) is 0 Å². The fourth-order valence-corrected chi connectivity index (χ4v) is 2.85. The van der Waals surface area contributed by atoms with Crippen LogP contribution < -0.4 is 11.1 Å². The molecule has 1 fully saturated rings. The zero-order valence-corrected chi connectivity index (χ0v) is 12.7. The molecule has 0 bridgehead atoms. The predicted octanol–water partition coefficient (Wildman–Crippen LogP) is 3.06. The molecule has 1 aliphatic carbocycles. The molecule has 0 aliphatic heterocycles. The number of alkyl carbamates (subject to hydrolysis) is 1. The molecule has 19 heavy (non-hydrogen) atoms. The van der Waals surface area contributed by atoms with E-state index in [2.05, 4.69) is 5.32 Å². The molecule has 4 heteroatoms. The second kappa shape index (κ2) is 7.73. The smallest absolute Gasteiger partial charge is 0.407 e. The molecule has 0 aromatic carbocycles. The summed E-state index contributed by atoms with van der Waals surface area (Å²) in [6, 6.07) is 0. The molecule has 1 amide bonds. The summed E-state index contributed by atoms with van der Waals surface area (Å²) in [6.07, 6.45) is 7.22. The Morgan fingerprint density at radius 1 is 1.32 bits per heavy atom.